The van der Waals surface area contributed by atoms with Crippen LogP contribution in [0.15, 0.2) is 54.9 Å². The first-order valence-corrected chi connectivity index (χ1v) is 4.82. The maximum atomic E-state index is 13.0. The monoisotopic (exact) mass is 198 g/mol. The summed E-state index contributed by atoms with van der Waals surface area (Å²) in [5, 5.41) is 1.97. The molecule has 2 heteroatoms. The third-order valence-electron chi connectivity index (χ3n) is 2.55. The lowest BCUT2D eigenvalue weighted by Crippen LogP contribution is -2.19. The molecule has 3 rings (SSSR count). The molecule has 15 heavy (non-hydrogen) atoms. The number of hydrogen-bond donors (Lipinski definition) is 0. The van der Waals surface area contributed by atoms with Gasteiger partial charge in [0.2, 0.25) is 5.52 Å². The van der Waals surface area contributed by atoms with E-state index in [0.717, 1.165) is 16.3 Å². The van der Waals surface area contributed by atoms with E-state index in [1.54, 1.807) is 12.1 Å². The molecule has 0 fully saturated rings. The van der Waals surface area contributed by atoms with Gasteiger partial charge < -0.3 is 0 Å². The highest BCUT2D eigenvalue weighted by atomic mass is 19.1. The lowest BCUT2D eigenvalue weighted by atomic mass is 10.1. The van der Waals surface area contributed by atoms with Crippen LogP contribution in [0.3, 0.4) is 0 Å². The van der Waals surface area contributed by atoms with Crippen LogP contribution in [0.25, 0.3) is 16.3 Å². The summed E-state index contributed by atoms with van der Waals surface area (Å²) in [4.78, 5) is 0. The van der Waals surface area contributed by atoms with Crippen LogP contribution in [0.5, 0.6) is 0 Å². The normalized spacial score (nSPS) is 11.0. The smallest absolute Gasteiger partial charge is 0.207 e. The highest BCUT2D eigenvalue weighted by Gasteiger charge is 2.04. The fourth-order valence-electron chi connectivity index (χ4n) is 1.81. The lowest BCUT2D eigenvalue weighted by molar-refractivity contribution is -0.510. The van der Waals surface area contributed by atoms with Crippen LogP contribution in [0.2, 0.25) is 0 Å². The van der Waals surface area contributed by atoms with Crippen LogP contribution in [-0.2, 0) is 0 Å². The number of aromatic nitrogens is 1. The molecule has 72 valence electrons. The van der Waals surface area contributed by atoms with E-state index in [0.29, 0.717) is 0 Å². The summed E-state index contributed by atoms with van der Waals surface area (Å²) in [5.41, 5.74) is 1.07. The summed E-state index contributed by atoms with van der Waals surface area (Å²) >= 11 is 0. The SMILES string of the molecule is Fc1ccc2c[n+]3ccccc3cc2c1. The van der Waals surface area contributed by atoms with Gasteiger partial charge in [-0.15, -0.1) is 0 Å². The summed E-state index contributed by atoms with van der Waals surface area (Å²) < 4.78 is 15.1. The fraction of sp³-hybridized carbons (Fsp3) is 0. The molecule has 0 spiro atoms. The molecule has 0 atom stereocenters. The third kappa shape index (κ3) is 1.34. The number of hydrogen-bond acceptors (Lipinski definition) is 0. The second kappa shape index (κ2) is 3.02. The highest BCUT2D eigenvalue weighted by molar-refractivity contribution is 5.83. The van der Waals surface area contributed by atoms with Gasteiger partial charge in [-0.25, -0.2) is 4.39 Å². The second-order valence-corrected chi connectivity index (χ2v) is 3.58. The van der Waals surface area contributed by atoms with Gasteiger partial charge in [0.25, 0.3) is 0 Å². The van der Waals surface area contributed by atoms with E-state index in [2.05, 4.69) is 0 Å². The zero-order valence-corrected chi connectivity index (χ0v) is 8.02. The van der Waals surface area contributed by atoms with Crippen LogP contribution in [0.1, 0.15) is 0 Å². The number of fused-ring (bicyclic) bond motifs is 2. The molecule has 2 aromatic heterocycles. The van der Waals surface area contributed by atoms with Crippen LogP contribution in [0, 0.1) is 5.82 Å². The van der Waals surface area contributed by atoms with Crippen molar-refractivity contribution in [2.75, 3.05) is 0 Å². The predicted octanol–water partition coefficient (Wildman–Crippen LogP) is 2.72. The molecule has 0 N–H and O–H groups in total. The highest BCUT2D eigenvalue weighted by Crippen LogP contribution is 2.14. The van der Waals surface area contributed by atoms with E-state index >= 15 is 0 Å². The topological polar surface area (TPSA) is 4.10 Å². The maximum Gasteiger partial charge on any atom is 0.211 e. The maximum absolute atomic E-state index is 13.0. The zero-order valence-electron chi connectivity index (χ0n) is 8.02. The van der Waals surface area contributed by atoms with Crippen molar-refractivity contribution in [3.8, 4) is 0 Å². The van der Waals surface area contributed by atoms with E-state index in [1.807, 2.05) is 41.1 Å². The number of benzene rings is 1. The van der Waals surface area contributed by atoms with Gasteiger partial charge in [-0.3, -0.25) is 0 Å². The number of nitrogens with zero attached hydrogens (tertiary/aromatic N) is 1. The van der Waals surface area contributed by atoms with Crippen molar-refractivity contribution < 1.29 is 8.79 Å². The standard InChI is InChI=1S/C13H9FN/c14-12-5-4-10-9-15-6-2-1-3-13(15)8-11(10)7-12/h1-9H/q+1. The van der Waals surface area contributed by atoms with Crippen molar-refractivity contribution in [1.82, 2.24) is 0 Å². The first-order chi connectivity index (χ1) is 7.33. The van der Waals surface area contributed by atoms with Crippen LogP contribution in [0.4, 0.5) is 4.39 Å². The minimum Gasteiger partial charge on any atom is -0.207 e. The van der Waals surface area contributed by atoms with E-state index in [4.69, 9.17) is 0 Å². The zero-order chi connectivity index (χ0) is 10.3. The van der Waals surface area contributed by atoms with E-state index < -0.39 is 0 Å². The Morgan fingerprint density at radius 3 is 2.80 bits per heavy atom. The molecule has 2 heterocycles. The first-order valence-electron chi connectivity index (χ1n) is 4.82. The number of halogens is 1. The van der Waals surface area contributed by atoms with Crippen molar-refractivity contribution in [2.45, 2.75) is 0 Å². The second-order valence-electron chi connectivity index (χ2n) is 3.58. The summed E-state index contributed by atoms with van der Waals surface area (Å²) in [7, 11) is 0. The predicted molar refractivity (Wildman–Crippen MR) is 57.1 cm³/mol. The summed E-state index contributed by atoms with van der Waals surface area (Å²) in [6, 6.07) is 12.8. The quantitative estimate of drug-likeness (QED) is 0.386. The van der Waals surface area contributed by atoms with Crippen molar-refractivity contribution in [1.29, 1.82) is 0 Å². The number of rotatable bonds is 0. The van der Waals surface area contributed by atoms with Gasteiger partial charge in [0.05, 0.1) is 0 Å². The Morgan fingerprint density at radius 2 is 1.87 bits per heavy atom. The van der Waals surface area contributed by atoms with Gasteiger partial charge in [0.1, 0.15) is 5.82 Å². The molecular weight excluding hydrogens is 189 g/mol. The Bertz CT molecular complexity index is 646. The van der Waals surface area contributed by atoms with E-state index in [9.17, 15) is 4.39 Å². The van der Waals surface area contributed by atoms with E-state index in [-0.39, 0.29) is 5.82 Å². The third-order valence-corrected chi connectivity index (χ3v) is 2.55. The molecule has 0 bridgehead atoms. The largest absolute Gasteiger partial charge is 0.211 e. The molecule has 0 amide bonds. The van der Waals surface area contributed by atoms with Crippen LogP contribution in [-0.4, -0.2) is 0 Å². The molecular formula is C13H9FN+. The van der Waals surface area contributed by atoms with Gasteiger partial charge in [0, 0.05) is 23.6 Å². The van der Waals surface area contributed by atoms with Crippen LogP contribution < -0.4 is 4.40 Å². The first kappa shape index (κ1) is 8.36. The van der Waals surface area contributed by atoms with Gasteiger partial charge in [-0.05, 0) is 29.7 Å². The van der Waals surface area contributed by atoms with Crippen LogP contribution >= 0.6 is 0 Å². The van der Waals surface area contributed by atoms with Crippen molar-refractivity contribution in [3.05, 3.63) is 60.7 Å². The molecule has 0 saturated carbocycles. The Hall–Kier alpha value is -1.96. The van der Waals surface area contributed by atoms with Gasteiger partial charge in [-0.1, -0.05) is 0 Å². The summed E-state index contributed by atoms with van der Waals surface area (Å²) in [6.07, 6.45) is 3.99. The van der Waals surface area contributed by atoms with Gasteiger partial charge >= 0.3 is 0 Å². The molecule has 0 aliphatic rings. The summed E-state index contributed by atoms with van der Waals surface area (Å²) in [6.45, 7) is 0. The Labute approximate surface area is 86.4 Å². The average Bonchev–Trinajstić information content (AvgIpc) is 2.26. The Balaban J connectivity index is 2.47. The minimum absolute atomic E-state index is 0.192. The molecule has 0 unspecified atom stereocenters. The summed E-state index contributed by atoms with van der Waals surface area (Å²) in [5.74, 6) is -0.192. The van der Waals surface area contributed by atoms with Crippen molar-refractivity contribution in [2.24, 2.45) is 0 Å². The van der Waals surface area contributed by atoms with E-state index in [1.165, 1.54) is 6.07 Å². The lowest BCUT2D eigenvalue weighted by Gasteiger charge is -1.96. The van der Waals surface area contributed by atoms with Crippen molar-refractivity contribution >= 4 is 16.3 Å². The molecule has 1 nitrogen and oxygen atoms in total. The Kier molecular flexibility index (Phi) is 1.68. The van der Waals surface area contributed by atoms with Crippen molar-refractivity contribution in [3.63, 3.8) is 0 Å². The molecule has 0 aliphatic heterocycles. The molecule has 0 radical (unpaired) electrons. The molecule has 0 aliphatic carbocycles. The van der Waals surface area contributed by atoms with Gasteiger partial charge in [0.15, 0.2) is 12.4 Å². The molecule has 1 aromatic carbocycles. The average molecular weight is 198 g/mol. The minimum atomic E-state index is -0.192. The fourth-order valence-corrected chi connectivity index (χ4v) is 1.81. The molecule has 0 saturated heterocycles. The molecule has 3 aromatic rings. The number of pyridine rings is 2. The Morgan fingerprint density at radius 1 is 0.933 bits per heavy atom. The van der Waals surface area contributed by atoms with Gasteiger partial charge in [-0.2, -0.15) is 4.40 Å².